The highest BCUT2D eigenvalue weighted by Crippen LogP contribution is 2.13. The van der Waals surface area contributed by atoms with Gasteiger partial charge in [0.05, 0.1) is 0 Å². The molecule has 0 saturated carbocycles. The summed E-state index contributed by atoms with van der Waals surface area (Å²) < 4.78 is 1.63. The van der Waals surface area contributed by atoms with Crippen LogP contribution in [0.4, 0.5) is 0 Å². The quantitative estimate of drug-likeness (QED) is 0.719. The molecule has 2 aromatic rings. The fourth-order valence-electron chi connectivity index (χ4n) is 3.34. The average molecular weight is 386 g/mol. The first kappa shape index (κ1) is 21.9. The molecule has 1 amide bonds. The van der Waals surface area contributed by atoms with Crippen molar-refractivity contribution in [3.8, 4) is 0 Å². The first-order valence-corrected chi connectivity index (χ1v) is 9.65. The summed E-state index contributed by atoms with van der Waals surface area (Å²) in [7, 11) is 3.91. The standard InChI is InChI=1S/C22H31N3O3/c1-17-11-13-25(18(2)15-23(3)4)22(28)20(17)21(27)24(12-8-14-26)16-19-9-6-5-7-10-19/h5-7,9-11,13,18,26H,8,12,14-16H2,1-4H3. The fourth-order valence-corrected chi connectivity index (χ4v) is 3.34. The lowest BCUT2D eigenvalue weighted by molar-refractivity contribution is 0.0728. The van der Waals surface area contributed by atoms with Crippen LogP contribution >= 0.6 is 0 Å². The Balaban J connectivity index is 2.38. The van der Waals surface area contributed by atoms with Crippen LogP contribution in [0.15, 0.2) is 47.4 Å². The third-order valence-corrected chi connectivity index (χ3v) is 4.74. The smallest absolute Gasteiger partial charge is 0.263 e. The topological polar surface area (TPSA) is 65.8 Å². The Morgan fingerprint density at radius 2 is 1.86 bits per heavy atom. The molecule has 0 aliphatic rings. The highest BCUT2D eigenvalue weighted by atomic mass is 16.3. The molecule has 1 atom stereocenters. The highest BCUT2D eigenvalue weighted by molar-refractivity contribution is 5.95. The molecule has 1 unspecified atom stereocenters. The molecule has 1 aromatic carbocycles. The summed E-state index contributed by atoms with van der Waals surface area (Å²) in [6.45, 7) is 5.26. The van der Waals surface area contributed by atoms with Gasteiger partial charge in [-0.25, -0.2) is 0 Å². The van der Waals surface area contributed by atoms with Crippen molar-refractivity contribution < 1.29 is 9.90 Å². The van der Waals surface area contributed by atoms with Gasteiger partial charge < -0.3 is 19.5 Å². The van der Waals surface area contributed by atoms with Gasteiger partial charge in [0.15, 0.2) is 0 Å². The number of pyridine rings is 1. The van der Waals surface area contributed by atoms with Gasteiger partial charge in [-0.15, -0.1) is 0 Å². The maximum absolute atomic E-state index is 13.3. The van der Waals surface area contributed by atoms with Gasteiger partial charge in [0.25, 0.3) is 11.5 Å². The summed E-state index contributed by atoms with van der Waals surface area (Å²) in [6.07, 6.45) is 2.23. The number of aryl methyl sites for hydroxylation is 1. The summed E-state index contributed by atoms with van der Waals surface area (Å²) in [4.78, 5) is 30.1. The molecule has 6 heteroatoms. The van der Waals surface area contributed by atoms with Crippen molar-refractivity contribution >= 4 is 5.91 Å². The Hall–Kier alpha value is -2.44. The van der Waals surface area contributed by atoms with Crippen LogP contribution in [0.1, 0.15) is 40.9 Å². The van der Waals surface area contributed by atoms with Gasteiger partial charge >= 0.3 is 0 Å². The molecule has 0 aliphatic heterocycles. The van der Waals surface area contributed by atoms with E-state index in [0.717, 1.165) is 5.56 Å². The van der Waals surface area contributed by atoms with Gasteiger partial charge in [0, 0.05) is 38.5 Å². The van der Waals surface area contributed by atoms with E-state index >= 15 is 0 Å². The Morgan fingerprint density at radius 3 is 2.46 bits per heavy atom. The van der Waals surface area contributed by atoms with Crippen LogP contribution in [-0.4, -0.2) is 59.2 Å². The van der Waals surface area contributed by atoms with Gasteiger partial charge in [0.1, 0.15) is 5.56 Å². The zero-order chi connectivity index (χ0) is 20.7. The third kappa shape index (κ3) is 5.53. The normalized spacial score (nSPS) is 12.2. The number of carbonyl (C=O) groups is 1. The van der Waals surface area contributed by atoms with Crippen molar-refractivity contribution in [2.75, 3.05) is 33.8 Å². The minimum Gasteiger partial charge on any atom is -0.396 e. The molecule has 0 radical (unpaired) electrons. The molecule has 152 valence electrons. The molecule has 1 aromatic heterocycles. The molecule has 0 saturated heterocycles. The van der Waals surface area contributed by atoms with E-state index in [9.17, 15) is 14.7 Å². The van der Waals surface area contributed by atoms with E-state index in [-0.39, 0.29) is 29.7 Å². The van der Waals surface area contributed by atoms with E-state index in [1.54, 1.807) is 22.6 Å². The zero-order valence-electron chi connectivity index (χ0n) is 17.3. The number of rotatable bonds is 9. The van der Waals surface area contributed by atoms with Crippen molar-refractivity contribution in [3.63, 3.8) is 0 Å². The van der Waals surface area contributed by atoms with Crippen LogP contribution in [0, 0.1) is 6.92 Å². The van der Waals surface area contributed by atoms with Gasteiger partial charge in [-0.05, 0) is 51.6 Å². The minimum atomic E-state index is -0.286. The predicted octanol–water partition coefficient (Wildman–Crippen LogP) is 2.30. The van der Waals surface area contributed by atoms with Crippen LogP contribution in [0.25, 0.3) is 0 Å². The van der Waals surface area contributed by atoms with Crippen LogP contribution in [0.5, 0.6) is 0 Å². The van der Waals surface area contributed by atoms with E-state index in [2.05, 4.69) is 0 Å². The van der Waals surface area contributed by atoms with Crippen LogP contribution in [-0.2, 0) is 6.54 Å². The molecule has 0 fully saturated rings. The predicted molar refractivity (Wildman–Crippen MR) is 112 cm³/mol. The number of amides is 1. The van der Waals surface area contributed by atoms with Gasteiger partial charge in [0.2, 0.25) is 0 Å². The number of aromatic nitrogens is 1. The van der Waals surface area contributed by atoms with E-state index in [1.807, 2.05) is 62.3 Å². The summed E-state index contributed by atoms with van der Waals surface area (Å²) in [5.74, 6) is -0.286. The number of aliphatic hydroxyl groups is 1. The van der Waals surface area contributed by atoms with E-state index in [1.165, 1.54) is 0 Å². The molecule has 2 rings (SSSR count). The first-order valence-electron chi connectivity index (χ1n) is 9.65. The lowest BCUT2D eigenvalue weighted by Gasteiger charge is -2.25. The Bertz CT molecular complexity index is 831. The van der Waals surface area contributed by atoms with Crippen LogP contribution in [0.2, 0.25) is 0 Å². The molecule has 0 bridgehead atoms. The second-order valence-corrected chi connectivity index (χ2v) is 7.49. The largest absolute Gasteiger partial charge is 0.396 e. The van der Waals surface area contributed by atoms with Crippen LogP contribution in [0.3, 0.4) is 0 Å². The van der Waals surface area contributed by atoms with E-state index in [0.29, 0.717) is 31.6 Å². The summed E-state index contributed by atoms with van der Waals surface area (Å²) >= 11 is 0. The number of aliphatic hydroxyl groups excluding tert-OH is 1. The van der Waals surface area contributed by atoms with E-state index in [4.69, 9.17) is 0 Å². The summed E-state index contributed by atoms with van der Waals surface area (Å²) in [6, 6.07) is 11.5. The molecule has 6 nitrogen and oxygen atoms in total. The summed E-state index contributed by atoms with van der Waals surface area (Å²) in [5.41, 5.74) is 1.61. The number of nitrogens with zero attached hydrogens (tertiary/aromatic N) is 3. The SMILES string of the molecule is Cc1ccn(C(C)CN(C)C)c(=O)c1C(=O)N(CCCO)Cc1ccccc1. The Morgan fingerprint density at radius 1 is 1.18 bits per heavy atom. The second-order valence-electron chi connectivity index (χ2n) is 7.49. The lowest BCUT2D eigenvalue weighted by atomic mass is 10.1. The number of benzene rings is 1. The number of hydrogen-bond acceptors (Lipinski definition) is 4. The fraction of sp³-hybridized carbons (Fsp3) is 0.455. The summed E-state index contributed by atoms with van der Waals surface area (Å²) in [5, 5.41) is 9.24. The van der Waals surface area contributed by atoms with Crippen molar-refractivity contribution in [1.82, 2.24) is 14.4 Å². The monoisotopic (exact) mass is 385 g/mol. The lowest BCUT2D eigenvalue weighted by Crippen LogP contribution is -2.39. The average Bonchev–Trinajstić information content (AvgIpc) is 2.65. The molecule has 28 heavy (non-hydrogen) atoms. The van der Waals surface area contributed by atoms with Gasteiger partial charge in [-0.1, -0.05) is 30.3 Å². The molecule has 1 heterocycles. The maximum Gasteiger partial charge on any atom is 0.263 e. The Kier molecular flexibility index (Phi) is 7.96. The molecule has 0 aliphatic carbocycles. The van der Waals surface area contributed by atoms with Crippen molar-refractivity contribution in [3.05, 3.63) is 69.6 Å². The number of hydrogen-bond donors (Lipinski definition) is 1. The third-order valence-electron chi connectivity index (χ3n) is 4.74. The Labute approximate surface area is 167 Å². The van der Waals surface area contributed by atoms with Crippen LogP contribution < -0.4 is 5.56 Å². The van der Waals surface area contributed by atoms with Crippen molar-refractivity contribution in [2.24, 2.45) is 0 Å². The number of likely N-dealkylation sites (N-methyl/N-ethyl adjacent to an activating group) is 1. The minimum absolute atomic E-state index is 0.00353. The van der Waals surface area contributed by atoms with E-state index < -0.39 is 0 Å². The molecular formula is C22H31N3O3. The zero-order valence-corrected chi connectivity index (χ0v) is 17.3. The highest BCUT2D eigenvalue weighted by Gasteiger charge is 2.23. The van der Waals surface area contributed by atoms with Crippen molar-refractivity contribution in [2.45, 2.75) is 32.9 Å². The molecule has 0 spiro atoms. The number of carbonyl (C=O) groups excluding carboxylic acids is 1. The molecular weight excluding hydrogens is 354 g/mol. The second kappa shape index (κ2) is 10.2. The van der Waals surface area contributed by atoms with Gasteiger partial charge in [-0.2, -0.15) is 0 Å². The van der Waals surface area contributed by atoms with Crippen molar-refractivity contribution in [1.29, 1.82) is 0 Å². The first-order chi connectivity index (χ1) is 13.3. The maximum atomic E-state index is 13.3. The van der Waals surface area contributed by atoms with Gasteiger partial charge in [-0.3, -0.25) is 9.59 Å². The molecule has 1 N–H and O–H groups in total.